The number of nitrogens with zero attached hydrogens (tertiary/aromatic N) is 1. The summed E-state index contributed by atoms with van der Waals surface area (Å²) in [5.41, 5.74) is -1.60. The molecule has 3 atom stereocenters. The van der Waals surface area contributed by atoms with E-state index in [1.54, 1.807) is 0 Å². The molecule has 0 radical (unpaired) electrons. The van der Waals surface area contributed by atoms with E-state index in [2.05, 4.69) is 6.07 Å². The van der Waals surface area contributed by atoms with Gasteiger partial charge in [-0.1, -0.05) is 19.1 Å². The van der Waals surface area contributed by atoms with E-state index in [0.717, 1.165) is 18.6 Å². The Kier molecular flexibility index (Phi) is 3.79. The van der Waals surface area contributed by atoms with E-state index >= 15 is 0 Å². The van der Waals surface area contributed by atoms with Crippen molar-refractivity contribution in [2.24, 2.45) is 11.3 Å². The normalized spacial score (nSPS) is 28.1. The third kappa shape index (κ3) is 2.66. The van der Waals surface area contributed by atoms with Gasteiger partial charge in [0.2, 0.25) is 0 Å². The second-order valence-electron chi connectivity index (χ2n) is 5.64. The van der Waals surface area contributed by atoms with Gasteiger partial charge in [-0.3, -0.25) is 0 Å². The van der Waals surface area contributed by atoms with Crippen molar-refractivity contribution in [3.63, 3.8) is 0 Å². The molecule has 1 fully saturated rings. The number of rotatable bonds is 2. The van der Waals surface area contributed by atoms with Crippen molar-refractivity contribution < 1.29 is 18.3 Å². The Morgan fingerprint density at radius 3 is 2.65 bits per heavy atom. The van der Waals surface area contributed by atoms with Gasteiger partial charge in [-0.2, -0.15) is 18.4 Å². The largest absolute Gasteiger partial charge is 0.416 e. The highest BCUT2D eigenvalue weighted by Crippen LogP contribution is 2.49. The average molecular weight is 283 g/mol. The number of halogens is 3. The zero-order valence-electron chi connectivity index (χ0n) is 11.1. The molecule has 1 saturated carbocycles. The summed E-state index contributed by atoms with van der Waals surface area (Å²) in [6, 6.07) is 6.75. The molecular weight excluding hydrogens is 267 g/mol. The minimum atomic E-state index is -4.45. The smallest absolute Gasteiger partial charge is 0.387 e. The van der Waals surface area contributed by atoms with Crippen molar-refractivity contribution >= 4 is 0 Å². The number of aliphatic hydroxyl groups excluding tert-OH is 1. The molecule has 0 bridgehead atoms. The number of nitriles is 1. The molecule has 1 N–H and O–H groups in total. The number of benzene rings is 1. The lowest BCUT2D eigenvalue weighted by molar-refractivity contribution is -0.137. The Morgan fingerprint density at radius 1 is 1.45 bits per heavy atom. The molecule has 1 aromatic rings. The summed E-state index contributed by atoms with van der Waals surface area (Å²) < 4.78 is 38.1. The van der Waals surface area contributed by atoms with E-state index in [-0.39, 0.29) is 5.56 Å². The molecule has 3 unspecified atom stereocenters. The van der Waals surface area contributed by atoms with Crippen LogP contribution in [0.4, 0.5) is 13.2 Å². The Morgan fingerprint density at radius 2 is 2.15 bits per heavy atom. The summed E-state index contributed by atoms with van der Waals surface area (Å²) in [6.45, 7) is 1.98. The molecule has 0 aromatic heterocycles. The van der Waals surface area contributed by atoms with Crippen molar-refractivity contribution in [3.8, 4) is 6.07 Å². The van der Waals surface area contributed by atoms with Gasteiger partial charge in [-0.15, -0.1) is 0 Å². The maximum absolute atomic E-state index is 12.7. The van der Waals surface area contributed by atoms with Gasteiger partial charge in [0.15, 0.2) is 0 Å². The first-order chi connectivity index (χ1) is 9.28. The van der Waals surface area contributed by atoms with Crippen LogP contribution in [0.2, 0.25) is 0 Å². The van der Waals surface area contributed by atoms with E-state index in [0.29, 0.717) is 18.8 Å². The van der Waals surface area contributed by atoms with E-state index in [1.165, 1.54) is 12.1 Å². The first-order valence-corrected chi connectivity index (χ1v) is 6.55. The van der Waals surface area contributed by atoms with Crippen LogP contribution in [0.5, 0.6) is 0 Å². The molecule has 0 heterocycles. The zero-order valence-corrected chi connectivity index (χ0v) is 11.1. The molecule has 2 rings (SSSR count). The quantitative estimate of drug-likeness (QED) is 0.889. The van der Waals surface area contributed by atoms with Crippen molar-refractivity contribution in [3.05, 3.63) is 35.4 Å². The van der Waals surface area contributed by atoms with E-state index in [9.17, 15) is 23.5 Å². The molecule has 108 valence electrons. The molecule has 20 heavy (non-hydrogen) atoms. The maximum atomic E-state index is 12.7. The Bertz CT molecular complexity index is 535. The third-order valence-electron chi connectivity index (χ3n) is 4.07. The van der Waals surface area contributed by atoms with Crippen LogP contribution in [0.25, 0.3) is 0 Å². The highest BCUT2D eigenvalue weighted by atomic mass is 19.4. The summed E-state index contributed by atoms with van der Waals surface area (Å²) >= 11 is 0. The monoisotopic (exact) mass is 283 g/mol. The van der Waals surface area contributed by atoms with Crippen LogP contribution in [0.15, 0.2) is 24.3 Å². The molecule has 1 aromatic carbocycles. The molecule has 5 heteroatoms. The minimum absolute atomic E-state index is 0.162. The summed E-state index contributed by atoms with van der Waals surface area (Å²) in [4.78, 5) is 0. The Hall–Kier alpha value is -1.54. The van der Waals surface area contributed by atoms with Crippen LogP contribution in [0.1, 0.15) is 43.4 Å². The van der Waals surface area contributed by atoms with Crippen LogP contribution in [0, 0.1) is 22.7 Å². The van der Waals surface area contributed by atoms with Gasteiger partial charge in [-0.05, 0) is 42.9 Å². The summed E-state index contributed by atoms with van der Waals surface area (Å²) in [5, 5.41) is 19.8. The van der Waals surface area contributed by atoms with Crippen molar-refractivity contribution in [1.29, 1.82) is 5.26 Å². The fourth-order valence-electron chi connectivity index (χ4n) is 2.95. The van der Waals surface area contributed by atoms with Crippen LogP contribution in [-0.2, 0) is 6.18 Å². The highest BCUT2D eigenvalue weighted by Gasteiger charge is 2.45. The molecular formula is C15H16F3NO. The predicted molar refractivity (Wildman–Crippen MR) is 67.5 cm³/mol. The molecule has 2 nitrogen and oxygen atoms in total. The predicted octanol–water partition coefficient (Wildman–Crippen LogP) is 4.07. The lowest BCUT2D eigenvalue weighted by atomic mass is 9.78. The second-order valence-corrected chi connectivity index (χ2v) is 5.64. The van der Waals surface area contributed by atoms with Gasteiger partial charge < -0.3 is 5.11 Å². The van der Waals surface area contributed by atoms with Crippen LogP contribution in [0.3, 0.4) is 0 Å². The average Bonchev–Trinajstić information content (AvgIpc) is 2.80. The van der Waals surface area contributed by atoms with Crippen LogP contribution >= 0.6 is 0 Å². The van der Waals surface area contributed by atoms with Gasteiger partial charge in [-0.25, -0.2) is 0 Å². The summed E-state index contributed by atoms with van der Waals surface area (Å²) in [6.07, 6.45) is -3.79. The Labute approximate surface area is 115 Å². The lowest BCUT2D eigenvalue weighted by Gasteiger charge is -2.28. The fourth-order valence-corrected chi connectivity index (χ4v) is 2.95. The van der Waals surface area contributed by atoms with E-state index < -0.39 is 23.3 Å². The maximum Gasteiger partial charge on any atom is 0.416 e. The zero-order chi connectivity index (χ0) is 15.0. The first kappa shape index (κ1) is 14.9. The van der Waals surface area contributed by atoms with Crippen LogP contribution < -0.4 is 0 Å². The molecule has 0 saturated heterocycles. The number of hydrogen-bond donors (Lipinski definition) is 1. The van der Waals surface area contributed by atoms with Crippen molar-refractivity contribution in [2.45, 2.75) is 38.5 Å². The lowest BCUT2D eigenvalue weighted by Crippen LogP contribution is -2.25. The SMILES string of the molecule is CC1CCC(C#N)(C(O)c2cccc(C(F)(F)F)c2)C1. The first-order valence-electron chi connectivity index (χ1n) is 6.55. The fraction of sp³-hybridized carbons (Fsp3) is 0.533. The van der Waals surface area contributed by atoms with Crippen LogP contribution in [-0.4, -0.2) is 5.11 Å². The summed E-state index contributed by atoms with van der Waals surface area (Å²) in [5.74, 6) is 0.301. The molecule has 0 aliphatic heterocycles. The second kappa shape index (κ2) is 5.10. The van der Waals surface area contributed by atoms with Gasteiger partial charge >= 0.3 is 6.18 Å². The van der Waals surface area contributed by atoms with Crippen molar-refractivity contribution in [1.82, 2.24) is 0 Å². The number of hydrogen-bond acceptors (Lipinski definition) is 2. The van der Waals surface area contributed by atoms with E-state index in [4.69, 9.17) is 0 Å². The standard InChI is InChI=1S/C15H16F3NO/c1-10-5-6-14(8-10,9-19)13(20)11-3-2-4-12(7-11)15(16,17)18/h2-4,7,10,13,20H,5-6,8H2,1H3. The summed E-state index contributed by atoms with van der Waals surface area (Å²) in [7, 11) is 0. The number of alkyl halides is 3. The molecule has 1 aliphatic carbocycles. The van der Waals surface area contributed by atoms with Gasteiger partial charge in [0, 0.05) is 0 Å². The van der Waals surface area contributed by atoms with Gasteiger partial charge in [0.05, 0.1) is 23.2 Å². The topological polar surface area (TPSA) is 44.0 Å². The molecule has 0 spiro atoms. The molecule has 1 aliphatic rings. The van der Waals surface area contributed by atoms with Gasteiger partial charge in [0.25, 0.3) is 0 Å². The van der Waals surface area contributed by atoms with Crippen molar-refractivity contribution in [2.75, 3.05) is 0 Å². The Balaban J connectivity index is 2.34. The van der Waals surface area contributed by atoms with Gasteiger partial charge in [0.1, 0.15) is 0 Å². The van der Waals surface area contributed by atoms with E-state index in [1.807, 2.05) is 6.92 Å². The third-order valence-corrected chi connectivity index (χ3v) is 4.07. The molecule has 0 amide bonds. The highest BCUT2D eigenvalue weighted by molar-refractivity contribution is 5.30. The number of aliphatic hydroxyl groups is 1. The minimum Gasteiger partial charge on any atom is -0.387 e.